The molecule has 0 aliphatic heterocycles. The molecule has 13 aromatic rings. The number of ketones is 4. The summed E-state index contributed by atoms with van der Waals surface area (Å²) in [6.07, 6.45) is 24.6. The Labute approximate surface area is 642 Å². The van der Waals surface area contributed by atoms with E-state index in [0.29, 0.717) is 109 Å². The third-order valence-electron chi connectivity index (χ3n) is 22.1. The summed E-state index contributed by atoms with van der Waals surface area (Å²) in [5, 5.41) is 22.8. The van der Waals surface area contributed by atoms with E-state index in [1.54, 1.807) is 30.9 Å². The molecule has 23 nitrogen and oxygen atoms in total. The van der Waals surface area contributed by atoms with Crippen molar-refractivity contribution in [3.63, 3.8) is 0 Å². The molecule has 4 fully saturated rings. The number of alkyl halides is 2. The van der Waals surface area contributed by atoms with Crippen LogP contribution in [-0.4, -0.2) is 121 Å². The van der Waals surface area contributed by atoms with Gasteiger partial charge in [0.25, 0.3) is 5.92 Å². The van der Waals surface area contributed by atoms with E-state index in [9.17, 15) is 28.0 Å². The monoisotopic (exact) mass is 1500 g/mol. The van der Waals surface area contributed by atoms with Crippen LogP contribution in [0.15, 0.2) is 141 Å². The molecule has 4 aliphatic rings. The lowest BCUT2D eigenvalue weighted by Gasteiger charge is -2.20. The van der Waals surface area contributed by atoms with Gasteiger partial charge in [-0.2, -0.15) is 20.4 Å². The Morgan fingerprint density at radius 1 is 0.441 bits per heavy atom. The SMILES string of the molecule is CCc1ccc(-c2cc3nn(C)cc3c(O[C@H](C)[C@H]3CCC(=O)C3)n2)cn1.CCn1ccc(-c2cc3nn(C)cc3c(O[C@H](C)[C@H]3CCC(=O)C3)n2)c1.C[C@@H](Oc1nc(-c2ccc(C(C)(F)F)cc2)cc2nn(C)cc12)[C@H]1CCC(=O)C1.C[C@@H](Oc1nc(-c2ccc3c(ccn3C)c2)cc2nn(C)cc12)[C@H]1CCC(=O)C1. The first-order chi connectivity index (χ1) is 53.2. The van der Waals surface area contributed by atoms with Crippen LogP contribution in [-0.2, 0) is 73.3 Å². The van der Waals surface area contributed by atoms with Crippen LogP contribution in [0.1, 0.15) is 137 Å². The van der Waals surface area contributed by atoms with Crippen LogP contribution < -0.4 is 18.9 Å². The van der Waals surface area contributed by atoms with Crippen molar-refractivity contribution >= 4 is 77.6 Å². The Kier molecular flexibility index (Phi) is 22.2. The van der Waals surface area contributed by atoms with Crippen molar-refractivity contribution in [3.8, 4) is 68.5 Å². The van der Waals surface area contributed by atoms with Gasteiger partial charge in [0.1, 0.15) is 47.5 Å². The number of aromatic nitrogens is 15. The van der Waals surface area contributed by atoms with Crippen molar-refractivity contribution in [1.82, 2.24) is 73.2 Å². The van der Waals surface area contributed by atoms with Crippen LogP contribution in [0, 0.1) is 23.7 Å². The Bertz CT molecular complexity index is 5590. The predicted octanol–water partition coefficient (Wildman–Crippen LogP) is 16.5. The summed E-state index contributed by atoms with van der Waals surface area (Å²) in [5.74, 6) is 1.51. The van der Waals surface area contributed by atoms with Gasteiger partial charge in [-0.3, -0.25) is 42.9 Å². The fourth-order valence-corrected chi connectivity index (χ4v) is 15.4. The van der Waals surface area contributed by atoms with E-state index in [1.807, 2.05) is 137 Å². The number of halogens is 2. The third kappa shape index (κ3) is 17.5. The average molecular weight is 1500 g/mol. The number of benzene rings is 2. The molecule has 0 radical (unpaired) electrons. The van der Waals surface area contributed by atoms with Gasteiger partial charge in [0.2, 0.25) is 23.5 Å². The molecule has 0 bridgehead atoms. The highest BCUT2D eigenvalue weighted by Gasteiger charge is 2.34. The zero-order valence-electron chi connectivity index (χ0n) is 65.0. The zero-order chi connectivity index (χ0) is 78.1. The molecule has 576 valence electrons. The maximum atomic E-state index is 13.5. The van der Waals surface area contributed by atoms with Crippen LogP contribution >= 0.6 is 0 Å². The van der Waals surface area contributed by atoms with Crippen molar-refractivity contribution in [1.29, 1.82) is 0 Å². The predicted molar refractivity (Wildman–Crippen MR) is 422 cm³/mol. The molecule has 0 unspecified atom stereocenters. The van der Waals surface area contributed by atoms with Gasteiger partial charge >= 0.3 is 0 Å². The minimum absolute atomic E-state index is 0.0452. The highest BCUT2D eigenvalue weighted by Crippen LogP contribution is 2.40. The number of hydrogen-bond acceptors (Lipinski definition) is 17. The first kappa shape index (κ1) is 76.4. The molecule has 4 aliphatic carbocycles. The minimum Gasteiger partial charge on any atom is -0.474 e. The smallest absolute Gasteiger partial charge is 0.270 e. The Morgan fingerprint density at radius 2 is 0.811 bits per heavy atom. The van der Waals surface area contributed by atoms with Gasteiger partial charge in [0, 0.05) is 218 Å². The van der Waals surface area contributed by atoms with Crippen molar-refractivity contribution in [2.24, 2.45) is 58.9 Å². The summed E-state index contributed by atoms with van der Waals surface area (Å²) >= 11 is 0. The Balaban J connectivity index is 0.000000123. The van der Waals surface area contributed by atoms with Crippen molar-refractivity contribution < 1.29 is 46.9 Å². The molecule has 17 rings (SSSR count). The van der Waals surface area contributed by atoms with E-state index in [-0.39, 0.29) is 59.4 Å². The van der Waals surface area contributed by atoms with E-state index in [4.69, 9.17) is 33.9 Å². The minimum atomic E-state index is -2.89. The molecular formula is C86H95F2N15O8. The number of nitrogens with zero attached hydrogens (tertiary/aromatic N) is 15. The summed E-state index contributed by atoms with van der Waals surface area (Å²) in [6, 6.07) is 28.5. The molecule has 0 spiro atoms. The molecule has 2 aromatic carbocycles. The first-order valence-electron chi connectivity index (χ1n) is 38.5. The van der Waals surface area contributed by atoms with Crippen LogP contribution in [0.4, 0.5) is 8.78 Å². The average Bonchev–Trinajstić information content (AvgIpc) is 1.74. The number of pyridine rings is 5. The molecule has 0 N–H and O–H groups in total. The van der Waals surface area contributed by atoms with E-state index in [2.05, 4.69) is 96.1 Å². The molecule has 111 heavy (non-hydrogen) atoms. The summed E-state index contributed by atoms with van der Waals surface area (Å²) in [7, 11) is 9.55. The number of Topliss-reactive ketones (excluding diaryl/α,β-unsaturated/α-hetero) is 4. The van der Waals surface area contributed by atoms with Crippen molar-refractivity contribution in [3.05, 3.63) is 152 Å². The van der Waals surface area contributed by atoms with Crippen molar-refractivity contribution in [2.45, 2.75) is 169 Å². The van der Waals surface area contributed by atoms with Gasteiger partial charge in [-0.15, -0.1) is 0 Å². The molecule has 4 saturated carbocycles. The second-order valence-electron chi connectivity index (χ2n) is 30.4. The summed E-state index contributed by atoms with van der Waals surface area (Å²) in [4.78, 5) is 70.1. The molecular weight excluding hydrogens is 1410 g/mol. The molecule has 0 saturated heterocycles. The van der Waals surface area contributed by atoms with E-state index in [1.165, 1.54) is 23.0 Å². The second kappa shape index (κ2) is 32.3. The third-order valence-corrected chi connectivity index (χ3v) is 22.1. The first-order valence-corrected chi connectivity index (χ1v) is 38.5. The fourth-order valence-electron chi connectivity index (χ4n) is 15.4. The molecule has 25 heteroatoms. The van der Waals surface area contributed by atoms with Crippen LogP contribution in [0.5, 0.6) is 23.5 Å². The Morgan fingerprint density at radius 3 is 1.15 bits per heavy atom. The van der Waals surface area contributed by atoms with Gasteiger partial charge in [0.15, 0.2) is 0 Å². The van der Waals surface area contributed by atoms with E-state index in [0.717, 1.165) is 123 Å². The van der Waals surface area contributed by atoms with Gasteiger partial charge < -0.3 is 28.1 Å². The summed E-state index contributed by atoms with van der Waals surface area (Å²) in [6.45, 7) is 14.0. The van der Waals surface area contributed by atoms with Gasteiger partial charge in [-0.25, -0.2) is 28.7 Å². The standard InChI is InChI=1S/C23H24N4O2.C22H23F2N3O2.C21H24N4O2.C20H24N4O2/c1-14(15-4-6-18(28)11-15)29-23-19-13-27(3)25-21(19)12-20(24-23)16-5-7-22-17(10-16)8-9-26(22)2;1-13(15-6-9-17(28)10-15)29-21-18-12-27(3)26-20(18)11-19(25-21)14-4-7-16(8-5-14)22(2,23)24;1-4-16-7-5-15(11-22-16)19-10-20-18(12-25(3)24-20)21(23-19)27-13(2)14-6-8-17(26)9-14;1-4-24-8-7-15(11-24)18-10-19-17(12-23(3)22-19)20(21-18)26-13(2)14-5-6-16(25)9-14/h5,7-10,12-15H,4,6,11H2,1-3H3;4-5,7-8,11-13,15H,6,9-10H2,1-3H3;5,7,10-14H,4,6,8-9H2,1-3H3;7-8,10-14H,4-6,9H2,1-3H3/t14-,15+;13-,15+;2*13-,14+/m1111/s1. The maximum Gasteiger partial charge on any atom is 0.270 e. The lowest BCUT2D eigenvalue weighted by atomic mass is 10.0. The molecule has 11 aromatic heterocycles. The maximum absolute atomic E-state index is 13.5. The number of carbonyl (C=O) groups excluding carboxylic acids is 4. The topological polar surface area (TPSA) is 251 Å². The normalized spacial score (nSPS) is 18.3. The van der Waals surface area contributed by atoms with E-state index < -0.39 is 5.92 Å². The number of hydrogen-bond donors (Lipinski definition) is 0. The van der Waals surface area contributed by atoms with E-state index >= 15 is 0 Å². The fraction of sp³-hybridized carbons (Fsp3) is 0.407. The largest absolute Gasteiger partial charge is 0.474 e. The highest BCUT2D eigenvalue weighted by atomic mass is 19.3. The van der Waals surface area contributed by atoms with Gasteiger partial charge in [0.05, 0.1) is 66.4 Å². The molecule has 0 amide bonds. The number of fused-ring (bicyclic) bond motifs is 5. The number of ether oxygens (including phenoxy) is 4. The lowest BCUT2D eigenvalue weighted by molar-refractivity contribution is -0.118. The second-order valence-corrected chi connectivity index (χ2v) is 30.4. The zero-order valence-corrected chi connectivity index (χ0v) is 65.0. The molecule has 8 atom stereocenters. The lowest BCUT2D eigenvalue weighted by Crippen LogP contribution is -2.22. The Hall–Kier alpha value is -11.4. The number of carbonyl (C=O) groups is 4. The quantitative estimate of drug-likeness (QED) is 0.0729. The highest BCUT2D eigenvalue weighted by molar-refractivity contribution is 5.92. The van der Waals surface area contributed by atoms with Crippen molar-refractivity contribution in [2.75, 3.05) is 0 Å². The molecule has 11 heterocycles. The van der Waals surface area contributed by atoms with Crippen LogP contribution in [0.3, 0.4) is 0 Å². The van der Waals surface area contributed by atoms with Crippen LogP contribution in [0.25, 0.3) is 99.5 Å². The van der Waals surface area contributed by atoms with Crippen LogP contribution in [0.2, 0.25) is 0 Å². The summed E-state index contributed by atoms with van der Waals surface area (Å²) in [5.41, 5.74) is 12.3. The number of aryl methyl sites for hydroxylation is 7. The summed E-state index contributed by atoms with van der Waals surface area (Å²) < 4.78 is 63.2. The van der Waals surface area contributed by atoms with Gasteiger partial charge in [-0.1, -0.05) is 37.3 Å². The number of rotatable bonds is 19. The van der Waals surface area contributed by atoms with Gasteiger partial charge in [-0.05, 0) is 127 Å².